The Kier molecular flexibility index (Phi) is 3.54. The van der Waals surface area contributed by atoms with Gasteiger partial charge in [0.1, 0.15) is 0 Å². The first-order valence-corrected chi connectivity index (χ1v) is 5.51. The molecule has 2 heteroatoms. The molecular weight excluding hydrogens is 210 g/mol. The number of nitrogens with zero attached hydrogens (tertiary/aromatic N) is 1. The van der Waals surface area contributed by atoms with E-state index >= 15 is 0 Å². The van der Waals surface area contributed by atoms with Crippen LogP contribution in [0.2, 0.25) is 0 Å². The number of hydrogen-bond acceptors (Lipinski definition) is 2. The second-order valence-corrected chi connectivity index (χ2v) is 3.88. The van der Waals surface area contributed by atoms with E-state index in [-0.39, 0.29) is 12.5 Å². The molecule has 0 aliphatic heterocycles. The highest BCUT2D eigenvalue weighted by Crippen LogP contribution is 2.24. The molecule has 0 aromatic heterocycles. The molecule has 17 heavy (non-hydrogen) atoms. The Balaban J connectivity index is 2.33. The van der Waals surface area contributed by atoms with Gasteiger partial charge in [-0.05, 0) is 23.3 Å². The fraction of sp³-hybridized carbons (Fsp3) is 0.133. The number of nitriles is 1. The van der Waals surface area contributed by atoms with Crippen LogP contribution in [0.15, 0.2) is 54.6 Å². The highest BCUT2D eigenvalue weighted by Gasteiger charge is 2.12. The largest absolute Gasteiger partial charge is 0.395 e. The maximum absolute atomic E-state index is 9.49. The Morgan fingerprint density at radius 2 is 1.53 bits per heavy atom. The van der Waals surface area contributed by atoms with Crippen LogP contribution in [0.3, 0.4) is 0 Å². The van der Waals surface area contributed by atoms with Crippen molar-refractivity contribution >= 4 is 0 Å². The van der Waals surface area contributed by atoms with Gasteiger partial charge < -0.3 is 5.11 Å². The van der Waals surface area contributed by atoms with E-state index < -0.39 is 0 Å². The molecule has 0 amide bonds. The molecule has 0 heterocycles. The smallest absolute Gasteiger partial charge is 0.0991 e. The topological polar surface area (TPSA) is 44.0 Å². The Labute approximate surface area is 101 Å². The number of hydrogen-bond donors (Lipinski definition) is 1. The molecular formula is C15H13NO. The van der Waals surface area contributed by atoms with Crippen LogP contribution >= 0.6 is 0 Å². The average Bonchev–Trinajstić information content (AvgIpc) is 2.42. The second-order valence-electron chi connectivity index (χ2n) is 3.88. The van der Waals surface area contributed by atoms with Crippen LogP contribution < -0.4 is 0 Å². The minimum absolute atomic E-state index is 0.0241. The summed E-state index contributed by atoms with van der Waals surface area (Å²) in [5, 5.41) is 18.2. The van der Waals surface area contributed by atoms with Gasteiger partial charge in [0.2, 0.25) is 0 Å². The lowest BCUT2D eigenvalue weighted by Crippen LogP contribution is -2.05. The predicted molar refractivity (Wildman–Crippen MR) is 66.5 cm³/mol. The van der Waals surface area contributed by atoms with Gasteiger partial charge >= 0.3 is 0 Å². The number of aliphatic hydroxyl groups excluding tert-OH is 1. The van der Waals surface area contributed by atoms with Gasteiger partial charge in [-0.1, -0.05) is 42.5 Å². The highest BCUT2D eigenvalue weighted by molar-refractivity contribution is 5.37. The van der Waals surface area contributed by atoms with Crippen molar-refractivity contribution in [2.24, 2.45) is 0 Å². The molecule has 2 aromatic carbocycles. The van der Waals surface area contributed by atoms with E-state index in [1.807, 2.05) is 42.5 Å². The molecule has 0 bridgehead atoms. The zero-order valence-corrected chi connectivity index (χ0v) is 9.38. The molecule has 1 N–H and O–H groups in total. The predicted octanol–water partition coefficient (Wildman–Crippen LogP) is 2.68. The SMILES string of the molecule is N#Cc1ccc(C(CO)c2ccccc2)cc1. The van der Waals surface area contributed by atoms with Gasteiger partial charge in [0, 0.05) is 5.92 Å². The van der Waals surface area contributed by atoms with Crippen molar-refractivity contribution in [3.63, 3.8) is 0 Å². The lowest BCUT2D eigenvalue weighted by atomic mass is 9.92. The Morgan fingerprint density at radius 1 is 0.941 bits per heavy atom. The van der Waals surface area contributed by atoms with Gasteiger partial charge in [-0.3, -0.25) is 0 Å². The standard InChI is InChI=1S/C15H13NO/c16-10-12-6-8-14(9-7-12)15(11-17)13-4-2-1-3-5-13/h1-9,15,17H,11H2. The molecule has 2 rings (SSSR count). The molecule has 1 unspecified atom stereocenters. The highest BCUT2D eigenvalue weighted by atomic mass is 16.3. The van der Waals surface area contributed by atoms with Crippen LogP contribution in [0.4, 0.5) is 0 Å². The minimum Gasteiger partial charge on any atom is -0.395 e. The summed E-state index contributed by atoms with van der Waals surface area (Å²) in [5.41, 5.74) is 2.75. The van der Waals surface area contributed by atoms with Gasteiger partial charge in [-0.2, -0.15) is 5.26 Å². The molecule has 0 spiro atoms. The fourth-order valence-electron chi connectivity index (χ4n) is 1.88. The van der Waals surface area contributed by atoms with E-state index in [2.05, 4.69) is 6.07 Å². The minimum atomic E-state index is -0.0241. The maximum Gasteiger partial charge on any atom is 0.0991 e. The van der Waals surface area contributed by atoms with E-state index in [4.69, 9.17) is 5.26 Å². The van der Waals surface area contributed by atoms with E-state index in [9.17, 15) is 5.11 Å². The lowest BCUT2D eigenvalue weighted by molar-refractivity contribution is 0.280. The summed E-state index contributed by atoms with van der Waals surface area (Å²) in [5.74, 6) is -0.0241. The fourth-order valence-corrected chi connectivity index (χ4v) is 1.88. The molecule has 2 nitrogen and oxygen atoms in total. The summed E-state index contributed by atoms with van der Waals surface area (Å²) in [4.78, 5) is 0. The van der Waals surface area contributed by atoms with Crippen molar-refractivity contribution in [1.29, 1.82) is 5.26 Å². The first-order valence-electron chi connectivity index (χ1n) is 5.51. The molecule has 0 aliphatic carbocycles. The van der Waals surface area contributed by atoms with Crippen LogP contribution in [0.1, 0.15) is 22.6 Å². The van der Waals surface area contributed by atoms with Gasteiger partial charge in [-0.15, -0.1) is 0 Å². The monoisotopic (exact) mass is 223 g/mol. The first-order chi connectivity index (χ1) is 8.35. The van der Waals surface area contributed by atoms with Crippen molar-refractivity contribution < 1.29 is 5.11 Å². The third-order valence-corrected chi connectivity index (χ3v) is 2.83. The lowest BCUT2D eigenvalue weighted by Gasteiger charge is -2.15. The summed E-state index contributed by atoms with van der Waals surface area (Å²) in [6.45, 7) is 0.0654. The Morgan fingerprint density at radius 3 is 2.06 bits per heavy atom. The van der Waals surface area contributed by atoms with Crippen molar-refractivity contribution in [3.05, 3.63) is 71.3 Å². The zero-order chi connectivity index (χ0) is 12.1. The van der Waals surface area contributed by atoms with Crippen molar-refractivity contribution in [2.45, 2.75) is 5.92 Å². The average molecular weight is 223 g/mol. The van der Waals surface area contributed by atoms with Crippen LogP contribution in [0.5, 0.6) is 0 Å². The second kappa shape index (κ2) is 5.29. The molecule has 2 aromatic rings. The Bertz CT molecular complexity index is 511. The maximum atomic E-state index is 9.49. The number of aliphatic hydroxyl groups is 1. The van der Waals surface area contributed by atoms with Gasteiger partial charge in [-0.25, -0.2) is 0 Å². The molecule has 84 valence electrons. The van der Waals surface area contributed by atoms with Gasteiger partial charge in [0.25, 0.3) is 0 Å². The Hall–Kier alpha value is -2.11. The molecule has 1 atom stereocenters. The number of rotatable bonds is 3. The third kappa shape index (κ3) is 2.52. The summed E-state index contributed by atoms with van der Waals surface area (Å²) < 4.78 is 0. The van der Waals surface area contributed by atoms with E-state index in [0.29, 0.717) is 5.56 Å². The van der Waals surface area contributed by atoms with E-state index in [1.54, 1.807) is 12.1 Å². The summed E-state index contributed by atoms with van der Waals surface area (Å²) in [7, 11) is 0. The van der Waals surface area contributed by atoms with Gasteiger partial charge in [0.15, 0.2) is 0 Å². The van der Waals surface area contributed by atoms with Crippen molar-refractivity contribution in [2.75, 3.05) is 6.61 Å². The van der Waals surface area contributed by atoms with Crippen LogP contribution in [0.25, 0.3) is 0 Å². The van der Waals surface area contributed by atoms with Crippen LogP contribution in [0, 0.1) is 11.3 Å². The molecule has 0 saturated carbocycles. The van der Waals surface area contributed by atoms with Gasteiger partial charge in [0.05, 0.1) is 18.2 Å². The molecule has 0 fully saturated rings. The summed E-state index contributed by atoms with van der Waals surface area (Å²) in [6.07, 6.45) is 0. The van der Waals surface area contributed by atoms with E-state index in [0.717, 1.165) is 11.1 Å². The quantitative estimate of drug-likeness (QED) is 0.869. The zero-order valence-electron chi connectivity index (χ0n) is 9.38. The van der Waals surface area contributed by atoms with Crippen molar-refractivity contribution in [3.8, 4) is 6.07 Å². The summed E-state index contributed by atoms with van der Waals surface area (Å²) in [6, 6.07) is 19.3. The molecule has 0 saturated heterocycles. The third-order valence-electron chi connectivity index (χ3n) is 2.83. The normalized spacial score (nSPS) is 11.8. The molecule has 0 aliphatic rings. The molecule has 0 radical (unpaired) electrons. The summed E-state index contributed by atoms with van der Waals surface area (Å²) >= 11 is 0. The van der Waals surface area contributed by atoms with Crippen LogP contribution in [-0.2, 0) is 0 Å². The first kappa shape index (κ1) is 11.4. The van der Waals surface area contributed by atoms with Crippen molar-refractivity contribution in [1.82, 2.24) is 0 Å². The van der Waals surface area contributed by atoms with Crippen LogP contribution in [-0.4, -0.2) is 11.7 Å². The van der Waals surface area contributed by atoms with E-state index in [1.165, 1.54) is 0 Å². The number of benzene rings is 2.